The van der Waals surface area contributed by atoms with Crippen LogP contribution in [0.1, 0.15) is 33.4 Å². The quantitative estimate of drug-likeness (QED) is 0.108. The Balaban J connectivity index is 0.932. The van der Waals surface area contributed by atoms with Gasteiger partial charge in [0.1, 0.15) is 36.2 Å². The third-order valence-electron chi connectivity index (χ3n) is 8.85. The van der Waals surface area contributed by atoms with Gasteiger partial charge in [0.15, 0.2) is 0 Å². The highest BCUT2D eigenvalue weighted by molar-refractivity contribution is 5.92. The van der Waals surface area contributed by atoms with Gasteiger partial charge in [0.25, 0.3) is 0 Å². The number of para-hydroxylation sites is 1. The van der Waals surface area contributed by atoms with E-state index in [2.05, 4.69) is 40.2 Å². The number of amides is 1. The predicted molar refractivity (Wildman–Crippen MR) is 206 cm³/mol. The number of ether oxygens (including phenoxy) is 4. The lowest BCUT2D eigenvalue weighted by Crippen LogP contribution is -2.47. The fourth-order valence-electron chi connectivity index (χ4n) is 5.98. The fraction of sp³-hybridized carbons (Fsp3) is 0.227. The number of hydrogen-bond acceptors (Lipinski definition) is 7. The highest BCUT2D eigenvalue weighted by Gasteiger charge is 2.20. The average Bonchev–Trinajstić information content (AvgIpc) is 3.18. The summed E-state index contributed by atoms with van der Waals surface area (Å²) in [7, 11) is 1.65. The first-order chi connectivity index (χ1) is 25.4. The zero-order valence-corrected chi connectivity index (χ0v) is 30.0. The normalized spacial score (nSPS) is 13.4. The van der Waals surface area contributed by atoms with Gasteiger partial charge in [-0.25, -0.2) is 4.98 Å². The highest BCUT2D eigenvalue weighted by Crippen LogP contribution is 2.30. The maximum Gasteiger partial charge on any atom is 0.246 e. The molecule has 0 bridgehead atoms. The van der Waals surface area contributed by atoms with Gasteiger partial charge in [-0.05, 0) is 102 Å². The van der Waals surface area contributed by atoms with E-state index in [0.29, 0.717) is 37.9 Å². The van der Waals surface area contributed by atoms with Crippen molar-refractivity contribution >= 4 is 18.1 Å². The number of methoxy groups -OCH3 is 1. The molecule has 8 heteroatoms. The summed E-state index contributed by atoms with van der Waals surface area (Å²) in [5, 5.41) is 0. The summed E-state index contributed by atoms with van der Waals surface area (Å²) in [6, 6.07) is 33.9. The Morgan fingerprint density at radius 1 is 0.731 bits per heavy atom. The first-order valence-electron chi connectivity index (χ1n) is 17.6. The van der Waals surface area contributed by atoms with Gasteiger partial charge in [0.2, 0.25) is 11.8 Å². The molecular formula is C44H45N3O5. The maximum atomic E-state index is 13.1. The molecule has 0 saturated carbocycles. The lowest BCUT2D eigenvalue weighted by Gasteiger charge is -2.34. The van der Waals surface area contributed by atoms with Crippen LogP contribution < -0.4 is 18.9 Å². The molecule has 2 heterocycles. The predicted octanol–water partition coefficient (Wildman–Crippen LogP) is 8.53. The number of hydrogen-bond donors (Lipinski definition) is 0. The van der Waals surface area contributed by atoms with Crippen molar-refractivity contribution in [2.45, 2.75) is 27.0 Å². The second kappa shape index (κ2) is 17.9. The van der Waals surface area contributed by atoms with Crippen molar-refractivity contribution in [3.63, 3.8) is 0 Å². The molecule has 52 heavy (non-hydrogen) atoms. The number of carbonyl (C=O) groups excluding carboxylic acids is 1. The molecule has 1 aliphatic rings. The summed E-state index contributed by atoms with van der Waals surface area (Å²) < 4.78 is 23.0. The van der Waals surface area contributed by atoms with Crippen molar-refractivity contribution in [1.82, 2.24) is 14.8 Å². The third kappa shape index (κ3) is 10.3. The SMILES string of the molecule is COc1ccc(COc2ccc(Oc3c(C)cc(C=CC(=O)N4CCN(Cc5ccc(C=CCOc6ccccc6)cc5)CC4)cc3C)nc2)cc1. The summed E-state index contributed by atoms with van der Waals surface area (Å²) in [4.78, 5) is 21.8. The average molecular weight is 696 g/mol. The summed E-state index contributed by atoms with van der Waals surface area (Å²) in [5.41, 5.74) is 6.32. The number of aromatic nitrogens is 1. The minimum Gasteiger partial charge on any atom is -0.497 e. The first kappa shape index (κ1) is 35.9. The molecule has 0 unspecified atom stereocenters. The van der Waals surface area contributed by atoms with Crippen LogP contribution in [0.3, 0.4) is 0 Å². The molecule has 0 spiro atoms. The van der Waals surface area contributed by atoms with Crippen molar-refractivity contribution in [3.8, 4) is 28.9 Å². The smallest absolute Gasteiger partial charge is 0.246 e. The van der Waals surface area contributed by atoms with E-state index in [1.807, 2.05) is 104 Å². The highest BCUT2D eigenvalue weighted by atomic mass is 16.5. The number of piperazine rings is 1. The molecule has 1 aliphatic heterocycles. The Labute approximate surface area is 306 Å². The zero-order valence-electron chi connectivity index (χ0n) is 30.0. The summed E-state index contributed by atoms with van der Waals surface area (Å²) in [5.74, 6) is 3.59. The summed E-state index contributed by atoms with van der Waals surface area (Å²) in [6.07, 6.45) is 9.33. The molecule has 0 atom stereocenters. The van der Waals surface area contributed by atoms with Crippen LogP contribution in [-0.2, 0) is 17.9 Å². The van der Waals surface area contributed by atoms with Crippen molar-refractivity contribution in [2.75, 3.05) is 39.9 Å². The number of carbonyl (C=O) groups is 1. The van der Waals surface area contributed by atoms with Gasteiger partial charge >= 0.3 is 0 Å². The molecule has 0 N–H and O–H groups in total. The standard InChI is InChI=1S/C44H45N3O5/c1-33-28-38(29-34(2)44(33)52-42-21-20-41(30-45-42)51-32-37-15-18-39(49-3)19-16-37)17-22-43(48)47-25-23-46(24-26-47)31-36-13-11-35(12-14-36)8-7-27-50-40-9-5-4-6-10-40/h4-22,28-30H,23-27,31-32H2,1-3H3. The van der Waals surface area contributed by atoms with E-state index in [1.165, 1.54) is 5.56 Å². The Morgan fingerprint density at radius 3 is 2.10 bits per heavy atom. The van der Waals surface area contributed by atoms with E-state index in [-0.39, 0.29) is 5.91 Å². The fourth-order valence-corrected chi connectivity index (χ4v) is 5.98. The van der Waals surface area contributed by atoms with Crippen molar-refractivity contribution in [1.29, 1.82) is 0 Å². The molecule has 0 aliphatic carbocycles. The Kier molecular flexibility index (Phi) is 12.4. The minimum atomic E-state index is 0.0289. The molecule has 6 rings (SSSR count). The van der Waals surface area contributed by atoms with Crippen LogP contribution in [0.15, 0.2) is 121 Å². The number of rotatable bonds is 14. The van der Waals surface area contributed by atoms with E-state index in [1.54, 1.807) is 25.4 Å². The number of pyridine rings is 1. The molecule has 8 nitrogen and oxygen atoms in total. The monoisotopic (exact) mass is 695 g/mol. The maximum absolute atomic E-state index is 13.1. The summed E-state index contributed by atoms with van der Waals surface area (Å²) in [6.45, 7) is 8.91. The van der Waals surface area contributed by atoms with Crippen LogP contribution in [0.4, 0.5) is 0 Å². The van der Waals surface area contributed by atoms with E-state index in [0.717, 1.165) is 64.7 Å². The van der Waals surface area contributed by atoms with Crippen molar-refractivity contribution < 1.29 is 23.7 Å². The number of nitrogens with zero attached hydrogens (tertiary/aromatic N) is 3. The van der Waals surface area contributed by atoms with Crippen LogP contribution in [0.5, 0.6) is 28.9 Å². The van der Waals surface area contributed by atoms with Gasteiger partial charge in [-0.2, -0.15) is 0 Å². The number of benzene rings is 4. The lowest BCUT2D eigenvalue weighted by molar-refractivity contribution is -0.127. The molecular weight excluding hydrogens is 650 g/mol. The topological polar surface area (TPSA) is 73.4 Å². The lowest BCUT2D eigenvalue weighted by atomic mass is 10.1. The van der Waals surface area contributed by atoms with Gasteiger partial charge < -0.3 is 23.8 Å². The minimum absolute atomic E-state index is 0.0289. The van der Waals surface area contributed by atoms with Crippen LogP contribution in [-0.4, -0.2) is 60.6 Å². The van der Waals surface area contributed by atoms with E-state index in [9.17, 15) is 4.79 Å². The van der Waals surface area contributed by atoms with Gasteiger partial charge in [0.05, 0.1) is 13.3 Å². The molecule has 1 fully saturated rings. The van der Waals surface area contributed by atoms with E-state index < -0.39 is 0 Å². The van der Waals surface area contributed by atoms with Crippen LogP contribution >= 0.6 is 0 Å². The molecule has 5 aromatic rings. The van der Waals surface area contributed by atoms with Gasteiger partial charge in [0, 0.05) is 44.9 Å². The molecule has 1 saturated heterocycles. The first-order valence-corrected chi connectivity index (χ1v) is 17.6. The Hall–Kier alpha value is -5.86. The Bertz CT molecular complexity index is 1930. The molecule has 266 valence electrons. The Morgan fingerprint density at radius 2 is 1.42 bits per heavy atom. The van der Waals surface area contributed by atoms with Crippen molar-refractivity contribution in [3.05, 3.63) is 155 Å². The van der Waals surface area contributed by atoms with Crippen LogP contribution in [0, 0.1) is 13.8 Å². The zero-order chi connectivity index (χ0) is 36.1. The third-order valence-corrected chi connectivity index (χ3v) is 8.85. The van der Waals surface area contributed by atoms with Gasteiger partial charge in [-0.3, -0.25) is 9.69 Å². The van der Waals surface area contributed by atoms with Crippen LogP contribution in [0.25, 0.3) is 12.2 Å². The van der Waals surface area contributed by atoms with Gasteiger partial charge in [-0.1, -0.05) is 60.7 Å². The molecule has 1 amide bonds. The van der Waals surface area contributed by atoms with E-state index >= 15 is 0 Å². The second-order valence-electron chi connectivity index (χ2n) is 12.8. The van der Waals surface area contributed by atoms with Crippen molar-refractivity contribution in [2.24, 2.45) is 0 Å². The van der Waals surface area contributed by atoms with Gasteiger partial charge in [-0.15, -0.1) is 0 Å². The molecule has 0 radical (unpaired) electrons. The van der Waals surface area contributed by atoms with E-state index in [4.69, 9.17) is 18.9 Å². The van der Waals surface area contributed by atoms with Crippen LogP contribution in [0.2, 0.25) is 0 Å². The second-order valence-corrected chi connectivity index (χ2v) is 12.8. The molecule has 4 aromatic carbocycles. The summed E-state index contributed by atoms with van der Waals surface area (Å²) >= 11 is 0. The number of aryl methyl sites for hydroxylation is 2. The molecule has 1 aromatic heterocycles. The largest absolute Gasteiger partial charge is 0.497 e.